The molecule has 0 radical (unpaired) electrons. The maximum absolute atomic E-state index is 12.1. The number of unbranched alkanes of at least 4 members (excludes halogenated alkanes) is 3. The van der Waals surface area contributed by atoms with Gasteiger partial charge in [-0.05, 0) is 13.3 Å². The van der Waals surface area contributed by atoms with Crippen molar-refractivity contribution in [1.82, 2.24) is 9.88 Å². The lowest BCUT2D eigenvalue weighted by Crippen LogP contribution is -2.36. The van der Waals surface area contributed by atoms with Crippen LogP contribution in [0.25, 0.3) is 0 Å². The number of carbonyl (C=O) groups is 1. The van der Waals surface area contributed by atoms with Crippen LogP contribution in [-0.2, 0) is 22.4 Å². The number of morpholine rings is 1. The minimum atomic E-state index is -0.414. The van der Waals surface area contributed by atoms with Crippen molar-refractivity contribution in [3.8, 4) is 0 Å². The smallest absolute Gasteiger partial charge is 0.376 e. The first-order valence-corrected chi connectivity index (χ1v) is 8.70. The van der Waals surface area contributed by atoms with Crippen LogP contribution in [0.4, 0.5) is 0 Å². The Bertz CT molecular complexity index is 481. The molecule has 2 heterocycles. The quantitative estimate of drug-likeness (QED) is 0.514. The van der Waals surface area contributed by atoms with Crippen molar-refractivity contribution in [1.29, 1.82) is 0 Å². The van der Waals surface area contributed by atoms with E-state index >= 15 is 0 Å². The second-order valence-electron chi connectivity index (χ2n) is 5.80. The zero-order valence-electron chi connectivity index (χ0n) is 14.3. The van der Waals surface area contributed by atoms with Gasteiger partial charge >= 0.3 is 5.97 Å². The number of aromatic nitrogens is 1. The summed E-state index contributed by atoms with van der Waals surface area (Å²) in [5, 5.41) is 0. The van der Waals surface area contributed by atoms with Gasteiger partial charge in [-0.2, -0.15) is 0 Å². The summed E-state index contributed by atoms with van der Waals surface area (Å²) in [6.07, 6.45) is 5.38. The van der Waals surface area contributed by atoms with Gasteiger partial charge in [-0.15, -0.1) is 0 Å². The second-order valence-corrected chi connectivity index (χ2v) is 5.80. The van der Waals surface area contributed by atoms with Gasteiger partial charge in [0.15, 0.2) is 5.89 Å². The predicted octanol–water partition coefficient (Wildman–Crippen LogP) is 2.81. The molecule has 6 nitrogen and oxygen atoms in total. The highest BCUT2D eigenvalue weighted by atomic mass is 16.5. The SMILES string of the molecule is CCCCCCc1nc(CN2CCOCC2)c(C(=O)OCC)o1. The van der Waals surface area contributed by atoms with Crippen LogP contribution in [0, 0.1) is 0 Å². The topological polar surface area (TPSA) is 64.8 Å². The van der Waals surface area contributed by atoms with Gasteiger partial charge in [0.2, 0.25) is 5.76 Å². The van der Waals surface area contributed by atoms with Crippen molar-refractivity contribution in [2.75, 3.05) is 32.9 Å². The molecule has 1 aliphatic heterocycles. The van der Waals surface area contributed by atoms with E-state index in [9.17, 15) is 4.79 Å². The summed E-state index contributed by atoms with van der Waals surface area (Å²) in [5.41, 5.74) is 0.691. The van der Waals surface area contributed by atoms with Crippen LogP contribution in [0.3, 0.4) is 0 Å². The van der Waals surface area contributed by atoms with Gasteiger partial charge in [-0.25, -0.2) is 9.78 Å². The molecule has 23 heavy (non-hydrogen) atoms. The summed E-state index contributed by atoms with van der Waals surface area (Å²) in [4.78, 5) is 18.9. The monoisotopic (exact) mass is 324 g/mol. The molecule has 0 spiro atoms. The van der Waals surface area contributed by atoms with E-state index in [1.807, 2.05) is 0 Å². The van der Waals surface area contributed by atoms with Crippen LogP contribution in [-0.4, -0.2) is 48.8 Å². The van der Waals surface area contributed by atoms with Gasteiger partial charge in [0.25, 0.3) is 0 Å². The van der Waals surface area contributed by atoms with E-state index < -0.39 is 5.97 Å². The number of ether oxygens (including phenoxy) is 2. The molecular weight excluding hydrogens is 296 g/mol. The summed E-state index contributed by atoms with van der Waals surface area (Å²) in [6.45, 7) is 8.05. The van der Waals surface area contributed by atoms with Crippen molar-refractivity contribution >= 4 is 5.97 Å². The second kappa shape index (κ2) is 9.67. The Morgan fingerprint density at radius 1 is 1.22 bits per heavy atom. The Morgan fingerprint density at radius 3 is 2.70 bits per heavy atom. The molecule has 1 saturated heterocycles. The average Bonchev–Trinajstić information content (AvgIpc) is 2.96. The van der Waals surface area contributed by atoms with E-state index in [0.717, 1.165) is 45.6 Å². The van der Waals surface area contributed by atoms with Gasteiger partial charge < -0.3 is 13.9 Å². The van der Waals surface area contributed by atoms with Crippen LogP contribution >= 0.6 is 0 Å². The molecule has 1 fully saturated rings. The van der Waals surface area contributed by atoms with Gasteiger partial charge in [-0.3, -0.25) is 4.90 Å². The molecule has 1 aromatic rings. The first kappa shape index (κ1) is 17.9. The molecule has 0 amide bonds. The lowest BCUT2D eigenvalue weighted by molar-refractivity contribution is 0.0327. The van der Waals surface area contributed by atoms with Gasteiger partial charge in [-0.1, -0.05) is 26.2 Å². The molecule has 0 bridgehead atoms. The molecule has 0 aromatic carbocycles. The van der Waals surface area contributed by atoms with E-state index in [1.54, 1.807) is 6.92 Å². The Labute approximate surface area is 138 Å². The summed E-state index contributed by atoms with van der Waals surface area (Å²) in [7, 11) is 0. The fourth-order valence-electron chi connectivity index (χ4n) is 2.65. The maximum atomic E-state index is 12.1. The summed E-state index contributed by atoms with van der Waals surface area (Å²) in [5.74, 6) is 0.499. The van der Waals surface area contributed by atoms with Gasteiger partial charge in [0, 0.05) is 26.1 Å². The number of aryl methyl sites for hydroxylation is 1. The summed E-state index contributed by atoms with van der Waals surface area (Å²) >= 11 is 0. The van der Waals surface area contributed by atoms with E-state index in [0.29, 0.717) is 24.7 Å². The number of nitrogens with zero attached hydrogens (tertiary/aromatic N) is 2. The maximum Gasteiger partial charge on any atom is 0.376 e. The molecule has 0 N–H and O–H groups in total. The summed E-state index contributed by atoms with van der Waals surface area (Å²) in [6, 6.07) is 0. The van der Waals surface area contributed by atoms with Crippen LogP contribution in [0.5, 0.6) is 0 Å². The minimum absolute atomic E-state index is 0.267. The van der Waals surface area contributed by atoms with Crippen LogP contribution in [0.15, 0.2) is 4.42 Å². The van der Waals surface area contributed by atoms with Crippen molar-refractivity contribution in [2.24, 2.45) is 0 Å². The third-order valence-corrected chi connectivity index (χ3v) is 3.92. The predicted molar refractivity (Wildman–Crippen MR) is 86.4 cm³/mol. The van der Waals surface area contributed by atoms with Crippen LogP contribution in [0.1, 0.15) is 61.7 Å². The Hall–Kier alpha value is -1.40. The highest BCUT2D eigenvalue weighted by Gasteiger charge is 2.23. The van der Waals surface area contributed by atoms with E-state index in [-0.39, 0.29) is 5.76 Å². The molecule has 1 aromatic heterocycles. The number of hydrogen-bond donors (Lipinski definition) is 0. The fraction of sp³-hybridized carbons (Fsp3) is 0.765. The minimum Gasteiger partial charge on any atom is -0.460 e. The van der Waals surface area contributed by atoms with Crippen LogP contribution < -0.4 is 0 Å². The number of rotatable bonds is 9. The molecule has 130 valence electrons. The van der Waals surface area contributed by atoms with Crippen molar-refractivity contribution in [3.63, 3.8) is 0 Å². The first-order valence-electron chi connectivity index (χ1n) is 8.70. The molecule has 0 aliphatic carbocycles. The van der Waals surface area contributed by atoms with Gasteiger partial charge in [0.1, 0.15) is 5.69 Å². The first-order chi connectivity index (χ1) is 11.2. The number of oxazole rings is 1. The van der Waals surface area contributed by atoms with E-state index in [2.05, 4.69) is 16.8 Å². The Morgan fingerprint density at radius 2 is 2.00 bits per heavy atom. The van der Waals surface area contributed by atoms with E-state index in [4.69, 9.17) is 13.9 Å². The fourth-order valence-corrected chi connectivity index (χ4v) is 2.65. The zero-order chi connectivity index (χ0) is 16.5. The normalized spacial score (nSPS) is 15.7. The van der Waals surface area contributed by atoms with E-state index in [1.165, 1.54) is 12.8 Å². The number of hydrogen-bond acceptors (Lipinski definition) is 6. The Kier molecular flexibility index (Phi) is 7.55. The lowest BCUT2D eigenvalue weighted by atomic mass is 10.1. The lowest BCUT2D eigenvalue weighted by Gasteiger charge is -2.25. The molecule has 6 heteroatoms. The third kappa shape index (κ3) is 5.62. The van der Waals surface area contributed by atoms with Gasteiger partial charge in [0.05, 0.1) is 19.8 Å². The number of carbonyl (C=O) groups excluding carboxylic acids is 1. The summed E-state index contributed by atoms with van der Waals surface area (Å²) < 4.78 is 16.2. The molecule has 0 unspecified atom stereocenters. The third-order valence-electron chi connectivity index (χ3n) is 3.92. The van der Waals surface area contributed by atoms with Crippen molar-refractivity contribution in [3.05, 3.63) is 17.3 Å². The average molecular weight is 324 g/mol. The standard InChI is InChI=1S/C17H28N2O4/c1-3-5-6-7-8-15-18-14(13-19-9-11-21-12-10-19)16(23-15)17(20)22-4-2/h3-13H2,1-2H3. The van der Waals surface area contributed by atoms with Crippen LogP contribution in [0.2, 0.25) is 0 Å². The molecule has 0 atom stereocenters. The largest absolute Gasteiger partial charge is 0.460 e. The molecule has 0 saturated carbocycles. The molecule has 1 aliphatic rings. The Balaban J connectivity index is 2.03. The molecule has 2 rings (SSSR count). The highest BCUT2D eigenvalue weighted by Crippen LogP contribution is 2.18. The highest BCUT2D eigenvalue weighted by molar-refractivity contribution is 5.87. The van der Waals surface area contributed by atoms with Crippen molar-refractivity contribution < 1.29 is 18.7 Å². The number of esters is 1. The molecular formula is C17H28N2O4. The van der Waals surface area contributed by atoms with Crippen molar-refractivity contribution in [2.45, 2.75) is 52.5 Å². The zero-order valence-corrected chi connectivity index (χ0v) is 14.3.